The largest absolute Gasteiger partial charge is 0.480 e. The van der Waals surface area contributed by atoms with Crippen molar-refractivity contribution in [2.24, 2.45) is 0 Å². The van der Waals surface area contributed by atoms with Crippen molar-refractivity contribution in [1.82, 2.24) is 4.31 Å². The van der Waals surface area contributed by atoms with Gasteiger partial charge in [0.2, 0.25) is 0 Å². The quantitative estimate of drug-likeness (QED) is 0.880. The summed E-state index contributed by atoms with van der Waals surface area (Å²) in [5.74, 6) is -2.01. The zero-order valence-corrected chi connectivity index (χ0v) is 11.9. The van der Waals surface area contributed by atoms with Gasteiger partial charge in [-0.3, -0.25) is 4.79 Å². The molecule has 1 aliphatic rings. The fourth-order valence-corrected chi connectivity index (χ4v) is 3.73. The third-order valence-electron chi connectivity index (χ3n) is 3.46. The first-order chi connectivity index (χ1) is 9.19. The molecule has 1 unspecified atom stereocenters. The molecule has 0 bridgehead atoms. The molecule has 7 heteroatoms. The molecule has 0 saturated carbocycles. The number of sulfonamides is 1. The lowest BCUT2D eigenvalue weighted by Crippen LogP contribution is -2.71. The van der Waals surface area contributed by atoms with E-state index in [1.165, 1.54) is 13.8 Å². The predicted octanol–water partition coefficient (Wildman–Crippen LogP) is 0.633. The van der Waals surface area contributed by atoms with Gasteiger partial charge in [-0.05, 0) is 19.4 Å². The van der Waals surface area contributed by atoms with Gasteiger partial charge in [0.05, 0.1) is 0 Å². The van der Waals surface area contributed by atoms with Crippen molar-refractivity contribution >= 4 is 21.9 Å². The lowest BCUT2D eigenvalue weighted by Gasteiger charge is -2.45. The van der Waals surface area contributed by atoms with Gasteiger partial charge in [0.1, 0.15) is 6.04 Å². The maximum atomic E-state index is 12.1. The first-order valence-corrected chi connectivity index (χ1v) is 7.48. The highest BCUT2D eigenvalue weighted by atomic mass is 32.2. The Morgan fingerprint density at radius 3 is 2.30 bits per heavy atom. The van der Waals surface area contributed by atoms with Gasteiger partial charge < -0.3 is 5.11 Å². The number of aliphatic carboxylic acids is 1. The highest BCUT2D eigenvalue weighted by Gasteiger charge is 2.63. The zero-order valence-electron chi connectivity index (χ0n) is 11.1. The average Bonchev–Trinajstić information content (AvgIpc) is 2.38. The molecule has 0 spiro atoms. The normalized spacial score (nSPS) is 21.1. The van der Waals surface area contributed by atoms with Crippen LogP contribution in [0.4, 0.5) is 0 Å². The second kappa shape index (κ2) is 4.59. The van der Waals surface area contributed by atoms with Crippen LogP contribution >= 0.6 is 0 Å². The molecule has 1 heterocycles. The molecule has 1 fully saturated rings. The van der Waals surface area contributed by atoms with Crippen LogP contribution in [0.2, 0.25) is 0 Å². The predicted molar refractivity (Wildman–Crippen MR) is 71.4 cm³/mol. The fourth-order valence-electron chi connectivity index (χ4n) is 2.11. The number of carbonyl (C=O) groups excluding carboxylic acids is 1. The van der Waals surface area contributed by atoms with Crippen molar-refractivity contribution in [3.63, 3.8) is 0 Å². The van der Waals surface area contributed by atoms with Crippen LogP contribution in [0.5, 0.6) is 0 Å². The summed E-state index contributed by atoms with van der Waals surface area (Å²) < 4.78 is 23.1. The van der Waals surface area contributed by atoms with E-state index in [2.05, 4.69) is 0 Å². The number of carboxylic acid groups (broad SMARTS) is 1. The van der Waals surface area contributed by atoms with Crippen LogP contribution in [-0.2, 0) is 26.0 Å². The summed E-state index contributed by atoms with van der Waals surface area (Å²) in [6.45, 7) is 2.56. The van der Waals surface area contributed by atoms with E-state index in [1.807, 2.05) is 0 Å². The molecule has 0 radical (unpaired) electrons. The average molecular weight is 297 g/mol. The summed E-state index contributed by atoms with van der Waals surface area (Å²) in [5.41, 5.74) is 0.660. The number of amides is 1. The molecule has 1 saturated heterocycles. The minimum Gasteiger partial charge on any atom is -0.480 e. The van der Waals surface area contributed by atoms with Crippen molar-refractivity contribution in [2.75, 3.05) is 0 Å². The van der Waals surface area contributed by atoms with E-state index in [0.717, 1.165) is 0 Å². The van der Waals surface area contributed by atoms with E-state index < -0.39 is 32.7 Å². The molecule has 1 N–H and O–H groups in total. The van der Waals surface area contributed by atoms with E-state index >= 15 is 0 Å². The number of nitrogens with zero attached hydrogens (tertiary/aromatic N) is 1. The molecule has 0 aromatic heterocycles. The zero-order chi connectivity index (χ0) is 15.1. The second-order valence-corrected chi connectivity index (χ2v) is 7.52. The molecule has 1 aromatic rings. The lowest BCUT2D eigenvalue weighted by molar-refractivity contribution is -0.148. The maximum Gasteiger partial charge on any atom is 0.327 e. The van der Waals surface area contributed by atoms with Gasteiger partial charge in [-0.1, -0.05) is 30.3 Å². The van der Waals surface area contributed by atoms with Gasteiger partial charge in [0.15, 0.2) is 4.75 Å². The maximum absolute atomic E-state index is 12.1. The molecule has 1 amide bonds. The van der Waals surface area contributed by atoms with Crippen molar-refractivity contribution in [1.29, 1.82) is 0 Å². The van der Waals surface area contributed by atoms with Gasteiger partial charge in [-0.25, -0.2) is 17.5 Å². The molecule has 1 aromatic carbocycles. The molecule has 0 aliphatic carbocycles. The summed E-state index contributed by atoms with van der Waals surface area (Å²) >= 11 is 0. The van der Waals surface area contributed by atoms with Crippen LogP contribution < -0.4 is 0 Å². The minimum absolute atomic E-state index is 0.0444. The van der Waals surface area contributed by atoms with E-state index in [1.54, 1.807) is 30.3 Å². The Morgan fingerprint density at radius 1 is 1.30 bits per heavy atom. The summed E-state index contributed by atoms with van der Waals surface area (Å²) in [4.78, 5) is 23.2. The SMILES string of the molecule is CC1(C)C(=O)N(C(Cc2ccccc2)C(=O)O)S1(=O)=O. The van der Waals surface area contributed by atoms with Crippen LogP contribution in [0.15, 0.2) is 30.3 Å². The Hall–Kier alpha value is -1.89. The molecular weight excluding hydrogens is 282 g/mol. The standard InChI is InChI=1S/C13H15NO5S/c1-13(2)12(17)14(20(13,18)19)10(11(15)16)8-9-6-4-3-5-7-9/h3-7,10H,8H2,1-2H3,(H,15,16). The van der Waals surface area contributed by atoms with Crippen LogP contribution in [0.1, 0.15) is 19.4 Å². The smallest absolute Gasteiger partial charge is 0.327 e. The summed E-state index contributed by atoms with van der Waals surface area (Å²) in [5, 5.41) is 9.23. The monoisotopic (exact) mass is 297 g/mol. The van der Waals surface area contributed by atoms with Crippen molar-refractivity contribution in [3.05, 3.63) is 35.9 Å². The molecule has 20 heavy (non-hydrogen) atoms. The lowest BCUT2D eigenvalue weighted by atomic mass is 10.0. The summed E-state index contributed by atoms with van der Waals surface area (Å²) in [6, 6.07) is 7.21. The minimum atomic E-state index is -3.91. The van der Waals surface area contributed by atoms with Crippen LogP contribution in [0.3, 0.4) is 0 Å². The Labute approximate surface area is 117 Å². The van der Waals surface area contributed by atoms with Crippen LogP contribution in [-0.4, -0.2) is 40.5 Å². The van der Waals surface area contributed by atoms with Crippen LogP contribution in [0, 0.1) is 0 Å². The van der Waals surface area contributed by atoms with Gasteiger partial charge >= 0.3 is 5.97 Å². The number of hydrogen-bond donors (Lipinski definition) is 1. The second-order valence-electron chi connectivity index (χ2n) is 5.16. The number of carboxylic acids is 1. The van der Waals surface area contributed by atoms with Crippen molar-refractivity contribution in [2.45, 2.75) is 31.1 Å². The molecule has 108 valence electrons. The molecule has 1 aliphatic heterocycles. The van der Waals surface area contributed by atoms with E-state index in [4.69, 9.17) is 0 Å². The van der Waals surface area contributed by atoms with Gasteiger partial charge in [-0.2, -0.15) is 0 Å². The fraction of sp³-hybridized carbons (Fsp3) is 0.385. The number of hydrogen-bond acceptors (Lipinski definition) is 4. The molecule has 1 atom stereocenters. The van der Waals surface area contributed by atoms with Gasteiger partial charge in [-0.15, -0.1) is 0 Å². The Morgan fingerprint density at radius 2 is 1.85 bits per heavy atom. The van der Waals surface area contributed by atoms with Gasteiger partial charge in [0.25, 0.3) is 15.9 Å². The summed E-state index contributed by atoms with van der Waals surface area (Å²) in [7, 11) is -3.91. The van der Waals surface area contributed by atoms with E-state index in [9.17, 15) is 23.1 Å². The van der Waals surface area contributed by atoms with Crippen molar-refractivity contribution < 1.29 is 23.1 Å². The third-order valence-corrected chi connectivity index (χ3v) is 5.86. The molecular formula is C13H15NO5S. The highest BCUT2D eigenvalue weighted by molar-refractivity contribution is 7.94. The Balaban J connectivity index is 2.33. The Bertz CT molecular complexity index is 651. The number of benzene rings is 1. The van der Waals surface area contributed by atoms with Crippen LogP contribution in [0.25, 0.3) is 0 Å². The summed E-state index contributed by atoms with van der Waals surface area (Å²) in [6.07, 6.45) is -0.0444. The van der Waals surface area contributed by atoms with Crippen molar-refractivity contribution in [3.8, 4) is 0 Å². The first-order valence-electron chi connectivity index (χ1n) is 6.04. The number of carbonyl (C=O) groups is 2. The highest BCUT2D eigenvalue weighted by Crippen LogP contribution is 2.37. The number of rotatable bonds is 4. The third kappa shape index (κ3) is 1.98. The van der Waals surface area contributed by atoms with E-state index in [0.29, 0.717) is 9.87 Å². The van der Waals surface area contributed by atoms with E-state index in [-0.39, 0.29) is 6.42 Å². The Kier molecular flexibility index (Phi) is 3.33. The topological polar surface area (TPSA) is 91.8 Å². The van der Waals surface area contributed by atoms with Gasteiger partial charge in [0, 0.05) is 6.42 Å². The molecule has 2 rings (SSSR count). The molecule has 6 nitrogen and oxygen atoms in total. The first kappa shape index (κ1) is 14.5.